The fraction of sp³-hybridized carbons (Fsp3) is 0.500. The number of anilines is 1. The van der Waals surface area contributed by atoms with Crippen molar-refractivity contribution < 1.29 is 19.5 Å². The number of carbonyl (C=O) groups is 3. The minimum atomic E-state index is -1.03. The maximum atomic E-state index is 12.6. The summed E-state index contributed by atoms with van der Waals surface area (Å²) in [6.45, 7) is 5.47. The van der Waals surface area contributed by atoms with Crippen molar-refractivity contribution in [1.82, 2.24) is 0 Å². The first-order valence-electron chi connectivity index (χ1n) is 6.57. The summed E-state index contributed by atoms with van der Waals surface area (Å²) in [5.74, 6) is -1.47. The lowest BCUT2D eigenvalue weighted by molar-refractivity contribution is -0.126. The van der Waals surface area contributed by atoms with E-state index in [9.17, 15) is 14.4 Å². The SMILES string of the molecule is CCC1(CC)CC(=O)N(c2cc(C)c(C(=O)O)s2)C1=O. The third kappa shape index (κ3) is 2.04. The van der Waals surface area contributed by atoms with Crippen LogP contribution in [0.5, 0.6) is 0 Å². The van der Waals surface area contributed by atoms with Gasteiger partial charge in [0.2, 0.25) is 11.8 Å². The van der Waals surface area contributed by atoms with Gasteiger partial charge in [0, 0.05) is 6.42 Å². The predicted molar refractivity (Wildman–Crippen MR) is 76.1 cm³/mol. The predicted octanol–water partition coefficient (Wildman–Crippen LogP) is 2.82. The Hall–Kier alpha value is -1.69. The molecule has 0 saturated carbocycles. The molecule has 0 aliphatic carbocycles. The molecule has 1 N–H and O–H groups in total. The lowest BCUT2D eigenvalue weighted by Gasteiger charge is -2.22. The van der Waals surface area contributed by atoms with Gasteiger partial charge < -0.3 is 5.11 Å². The van der Waals surface area contributed by atoms with Crippen LogP contribution >= 0.6 is 11.3 Å². The molecule has 1 saturated heterocycles. The van der Waals surface area contributed by atoms with Gasteiger partial charge in [-0.05, 0) is 31.4 Å². The highest BCUT2D eigenvalue weighted by Crippen LogP contribution is 2.43. The minimum absolute atomic E-state index is 0.172. The molecule has 108 valence electrons. The molecule has 1 aliphatic heterocycles. The van der Waals surface area contributed by atoms with E-state index in [2.05, 4.69) is 0 Å². The number of hydrogen-bond acceptors (Lipinski definition) is 4. The zero-order chi connectivity index (χ0) is 15.1. The van der Waals surface area contributed by atoms with E-state index >= 15 is 0 Å². The molecule has 0 atom stereocenters. The van der Waals surface area contributed by atoms with Gasteiger partial charge in [0.1, 0.15) is 9.88 Å². The fourth-order valence-corrected chi connectivity index (χ4v) is 3.64. The summed E-state index contributed by atoms with van der Waals surface area (Å²) in [5, 5.41) is 9.49. The molecule has 0 unspecified atom stereocenters. The van der Waals surface area contributed by atoms with Gasteiger partial charge in [0.25, 0.3) is 0 Å². The maximum Gasteiger partial charge on any atom is 0.346 e. The number of hydrogen-bond donors (Lipinski definition) is 1. The van der Waals surface area contributed by atoms with E-state index in [1.54, 1.807) is 13.0 Å². The van der Waals surface area contributed by atoms with Crippen molar-refractivity contribution >= 4 is 34.1 Å². The minimum Gasteiger partial charge on any atom is -0.477 e. The molecule has 5 nitrogen and oxygen atoms in total. The van der Waals surface area contributed by atoms with Crippen LogP contribution in [0.2, 0.25) is 0 Å². The Kier molecular flexibility index (Phi) is 3.69. The highest BCUT2D eigenvalue weighted by atomic mass is 32.1. The molecule has 0 spiro atoms. The monoisotopic (exact) mass is 295 g/mol. The second kappa shape index (κ2) is 5.01. The van der Waals surface area contributed by atoms with Gasteiger partial charge in [-0.3, -0.25) is 9.59 Å². The van der Waals surface area contributed by atoms with Crippen LogP contribution < -0.4 is 4.90 Å². The van der Waals surface area contributed by atoms with E-state index < -0.39 is 11.4 Å². The van der Waals surface area contributed by atoms with Gasteiger partial charge in [-0.25, -0.2) is 9.69 Å². The molecule has 6 heteroatoms. The number of thiophene rings is 1. The van der Waals surface area contributed by atoms with Crippen molar-refractivity contribution in [3.05, 3.63) is 16.5 Å². The van der Waals surface area contributed by atoms with Crippen molar-refractivity contribution in [1.29, 1.82) is 0 Å². The van der Waals surface area contributed by atoms with Crippen molar-refractivity contribution in [2.75, 3.05) is 4.90 Å². The number of rotatable bonds is 4. The normalized spacial score (nSPS) is 17.9. The van der Waals surface area contributed by atoms with Crippen LogP contribution in [-0.4, -0.2) is 22.9 Å². The molecular weight excluding hydrogens is 278 g/mol. The summed E-state index contributed by atoms with van der Waals surface area (Å²) in [4.78, 5) is 37.1. The van der Waals surface area contributed by atoms with Crippen LogP contribution in [0.1, 0.15) is 48.3 Å². The molecule has 1 aromatic rings. The Morgan fingerprint density at radius 1 is 1.40 bits per heavy atom. The summed E-state index contributed by atoms with van der Waals surface area (Å²) in [7, 11) is 0. The van der Waals surface area contributed by atoms with Crippen LogP contribution in [0.25, 0.3) is 0 Å². The molecule has 0 aromatic carbocycles. The van der Waals surface area contributed by atoms with Crippen LogP contribution in [0.4, 0.5) is 5.00 Å². The summed E-state index contributed by atoms with van der Waals surface area (Å²) in [6, 6.07) is 1.60. The van der Waals surface area contributed by atoms with E-state index in [-0.39, 0.29) is 23.1 Å². The standard InChI is InChI=1S/C14H17NO4S/c1-4-14(5-2)7-9(16)15(13(14)19)10-6-8(3)11(20-10)12(17)18/h6H,4-5,7H2,1-3H3,(H,17,18). The second-order valence-corrected chi connectivity index (χ2v) is 6.13. The summed E-state index contributed by atoms with van der Waals surface area (Å²) in [5.41, 5.74) is -0.0538. The van der Waals surface area contributed by atoms with Crippen LogP contribution in [0.3, 0.4) is 0 Å². The van der Waals surface area contributed by atoms with Gasteiger partial charge in [-0.15, -0.1) is 11.3 Å². The first-order valence-corrected chi connectivity index (χ1v) is 7.39. The van der Waals surface area contributed by atoms with Crippen molar-refractivity contribution in [3.8, 4) is 0 Å². The van der Waals surface area contributed by atoms with Crippen LogP contribution in [0, 0.1) is 12.3 Å². The maximum absolute atomic E-state index is 12.6. The van der Waals surface area contributed by atoms with Crippen molar-refractivity contribution in [3.63, 3.8) is 0 Å². The highest BCUT2D eigenvalue weighted by Gasteiger charge is 2.50. The van der Waals surface area contributed by atoms with Gasteiger partial charge >= 0.3 is 5.97 Å². The van der Waals surface area contributed by atoms with Gasteiger partial charge in [-0.1, -0.05) is 13.8 Å². The molecule has 20 heavy (non-hydrogen) atoms. The van der Waals surface area contributed by atoms with E-state index in [0.717, 1.165) is 16.2 Å². The zero-order valence-corrected chi connectivity index (χ0v) is 12.5. The molecule has 2 rings (SSSR count). The molecule has 2 amide bonds. The average molecular weight is 295 g/mol. The Labute approximate surface area is 121 Å². The Morgan fingerprint density at radius 3 is 2.40 bits per heavy atom. The number of carbonyl (C=O) groups excluding carboxylic acids is 2. The Morgan fingerprint density at radius 2 is 2.00 bits per heavy atom. The largest absolute Gasteiger partial charge is 0.477 e. The molecule has 1 aromatic heterocycles. The van der Waals surface area contributed by atoms with E-state index in [0.29, 0.717) is 23.4 Å². The summed E-state index contributed by atoms with van der Waals surface area (Å²) in [6.07, 6.45) is 1.43. The number of aryl methyl sites for hydroxylation is 1. The van der Waals surface area contributed by atoms with E-state index in [1.807, 2.05) is 13.8 Å². The second-order valence-electron chi connectivity index (χ2n) is 5.10. The fourth-order valence-electron chi connectivity index (χ4n) is 2.61. The molecular formula is C14H17NO4S. The zero-order valence-electron chi connectivity index (χ0n) is 11.7. The molecule has 2 heterocycles. The number of amides is 2. The first-order chi connectivity index (χ1) is 9.36. The number of imide groups is 1. The lowest BCUT2D eigenvalue weighted by Crippen LogP contribution is -2.34. The first kappa shape index (κ1) is 14.7. The van der Waals surface area contributed by atoms with Crippen LogP contribution in [0.15, 0.2) is 6.07 Å². The molecule has 0 bridgehead atoms. The summed E-state index contributed by atoms with van der Waals surface area (Å²) >= 11 is 0.979. The molecule has 1 fully saturated rings. The number of nitrogens with zero attached hydrogens (tertiary/aromatic N) is 1. The van der Waals surface area contributed by atoms with Gasteiger partial charge in [-0.2, -0.15) is 0 Å². The summed E-state index contributed by atoms with van der Waals surface area (Å²) < 4.78 is 0. The number of carboxylic acid groups (broad SMARTS) is 1. The van der Waals surface area contributed by atoms with Crippen LogP contribution in [-0.2, 0) is 9.59 Å². The lowest BCUT2D eigenvalue weighted by atomic mass is 9.81. The van der Waals surface area contributed by atoms with Gasteiger partial charge in [0.15, 0.2) is 0 Å². The Bertz CT molecular complexity index is 586. The van der Waals surface area contributed by atoms with Crippen molar-refractivity contribution in [2.45, 2.75) is 40.0 Å². The number of aromatic carboxylic acids is 1. The third-order valence-corrected chi connectivity index (χ3v) is 5.28. The average Bonchev–Trinajstić information content (AvgIpc) is 2.88. The van der Waals surface area contributed by atoms with Crippen molar-refractivity contribution in [2.24, 2.45) is 5.41 Å². The molecule has 0 radical (unpaired) electrons. The smallest absolute Gasteiger partial charge is 0.346 e. The van der Waals surface area contributed by atoms with Gasteiger partial charge in [0.05, 0.1) is 5.41 Å². The quantitative estimate of drug-likeness (QED) is 0.867. The topological polar surface area (TPSA) is 74.7 Å². The highest BCUT2D eigenvalue weighted by molar-refractivity contribution is 7.18. The Balaban J connectivity index is 2.43. The molecule has 1 aliphatic rings. The van der Waals surface area contributed by atoms with E-state index in [4.69, 9.17) is 5.11 Å². The number of carboxylic acids is 1. The third-order valence-electron chi connectivity index (χ3n) is 4.07. The van der Waals surface area contributed by atoms with E-state index in [1.165, 1.54) is 0 Å².